The third-order valence-corrected chi connectivity index (χ3v) is 3.74. The van der Waals surface area contributed by atoms with Gasteiger partial charge in [0.15, 0.2) is 5.69 Å². The normalized spacial score (nSPS) is 10.9. The summed E-state index contributed by atoms with van der Waals surface area (Å²) in [5, 5.41) is 7.80. The van der Waals surface area contributed by atoms with Crippen molar-refractivity contribution in [3.63, 3.8) is 0 Å². The van der Waals surface area contributed by atoms with E-state index in [1.807, 2.05) is 66.7 Å². The van der Waals surface area contributed by atoms with Crippen molar-refractivity contribution in [1.82, 2.24) is 20.5 Å². The van der Waals surface area contributed by atoms with Gasteiger partial charge in [0.2, 0.25) is 0 Å². The highest BCUT2D eigenvalue weighted by molar-refractivity contribution is 5.91. The maximum Gasteiger partial charge on any atom is 0.297 e. The Morgan fingerprint density at radius 2 is 1.93 bits per heavy atom. The van der Waals surface area contributed by atoms with Crippen LogP contribution in [0.25, 0.3) is 6.08 Å². The molecule has 0 bridgehead atoms. The summed E-state index contributed by atoms with van der Waals surface area (Å²) in [7, 11) is 1.61. The molecule has 0 aliphatic rings. The van der Waals surface area contributed by atoms with Gasteiger partial charge in [0.25, 0.3) is 5.91 Å². The summed E-state index contributed by atoms with van der Waals surface area (Å²) in [5.74, 6) is 0.322. The van der Waals surface area contributed by atoms with Crippen molar-refractivity contribution < 1.29 is 14.4 Å². The van der Waals surface area contributed by atoms with Gasteiger partial charge in [-0.1, -0.05) is 59.8 Å². The Bertz CT molecular complexity index is 889. The minimum Gasteiger partial charge on any atom is -0.497 e. The van der Waals surface area contributed by atoms with Gasteiger partial charge in [0.05, 0.1) is 26.5 Å². The van der Waals surface area contributed by atoms with Gasteiger partial charge >= 0.3 is 0 Å². The van der Waals surface area contributed by atoms with Gasteiger partial charge in [-0.15, -0.1) is 5.10 Å². The summed E-state index contributed by atoms with van der Waals surface area (Å²) in [6, 6.07) is 17.3. The molecule has 1 heterocycles. The number of hydroxylamine groups is 1. The summed E-state index contributed by atoms with van der Waals surface area (Å²) in [4.78, 5) is 17.3. The highest BCUT2D eigenvalue weighted by Gasteiger charge is 2.10. The average molecular weight is 364 g/mol. The standard InChI is InChI=1S/C20H20N4O3/c1-26-18-11-9-17(10-12-18)15-27-22-20(25)19-14-24(23-21-19)13-5-8-16-6-3-2-4-7-16/h2-12,14H,13,15H2,1H3,(H,22,25)/b8-5+. The van der Waals surface area contributed by atoms with Crippen LogP contribution in [0.4, 0.5) is 0 Å². The van der Waals surface area contributed by atoms with Gasteiger partial charge in [-0.3, -0.25) is 9.63 Å². The van der Waals surface area contributed by atoms with E-state index < -0.39 is 5.91 Å². The van der Waals surface area contributed by atoms with Crippen LogP contribution in [0.2, 0.25) is 0 Å². The Hall–Kier alpha value is -3.45. The van der Waals surface area contributed by atoms with Gasteiger partial charge in [0.1, 0.15) is 5.75 Å². The van der Waals surface area contributed by atoms with Crippen molar-refractivity contribution in [2.45, 2.75) is 13.2 Å². The van der Waals surface area contributed by atoms with E-state index in [2.05, 4.69) is 15.8 Å². The second-order valence-electron chi connectivity index (χ2n) is 5.71. The predicted octanol–water partition coefficient (Wildman–Crippen LogP) is 2.86. The van der Waals surface area contributed by atoms with Gasteiger partial charge in [0, 0.05) is 0 Å². The molecular weight excluding hydrogens is 344 g/mol. The zero-order valence-corrected chi connectivity index (χ0v) is 14.9. The summed E-state index contributed by atoms with van der Waals surface area (Å²) in [5.41, 5.74) is 4.57. The highest BCUT2D eigenvalue weighted by Crippen LogP contribution is 2.11. The van der Waals surface area contributed by atoms with Crippen molar-refractivity contribution in [2.75, 3.05) is 7.11 Å². The molecule has 0 saturated carbocycles. The molecule has 2 aromatic carbocycles. The summed E-state index contributed by atoms with van der Waals surface area (Å²) in [6.45, 7) is 0.756. The molecule has 1 N–H and O–H groups in total. The molecule has 138 valence electrons. The number of nitrogens with one attached hydrogen (secondary N) is 1. The molecule has 0 fully saturated rings. The first-order valence-corrected chi connectivity index (χ1v) is 8.41. The van der Waals surface area contributed by atoms with Crippen LogP contribution in [0.3, 0.4) is 0 Å². The molecule has 1 aromatic heterocycles. The van der Waals surface area contributed by atoms with Gasteiger partial charge in [-0.2, -0.15) is 0 Å². The molecule has 7 heteroatoms. The average Bonchev–Trinajstić information content (AvgIpc) is 3.18. The lowest BCUT2D eigenvalue weighted by Gasteiger charge is -2.05. The Labute approximate surface area is 157 Å². The number of aromatic nitrogens is 3. The van der Waals surface area contributed by atoms with E-state index >= 15 is 0 Å². The molecule has 0 aliphatic heterocycles. The Kier molecular flexibility index (Phi) is 6.32. The lowest BCUT2D eigenvalue weighted by atomic mass is 10.2. The van der Waals surface area contributed by atoms with Crippen LogP contribution in [-0.2, 0) is 18.0 Å². The van der Waals surface area contributed by atoms with E-state index in [1.165, 1.54) is 0 Å². The minimum atomic E-state index is -0.443. The number of rotatable bonds is 8. The van der Waals surface area contributed by atoms with E-state index in [1.54, 1.807) is 18.0 Å². The van der Waals surface area contributed by atoms with E-state index in [0.717, 1.165) is 16.9 Å². The topological polar surface area (TPSA) is 78.3 Å². The number of hydrogen-bond acceptors (Lipinski definition) is 5. The highest BCUT2D eigenvalue weighted by atomic mass is 16.6. The first kappa shape index (κ1) is 18.3. The molecular formula is C20H20N4O3. The van der Waals surface area contributed by atoms with Crippen LogP contribution in [0.5, 0.6) is 5.75 Å². The zero-order chi connectivity index (χ0) is 18.9. The maximum absolute atomic E-state index is 12.1. The third-order valence-electron chi connectivity index (χ3n) is 3.74. The Morgan fingerprint density at radius 3 is 2.67 bits per heavy atom. The molecule has 3 rings (SSSR count). The third kappa shape index (κ3) is 5.52. The number of carbonyl (C=O) groups excluding carboxylic acids is 1. The second-order valence-corrected chi connectivity index (χ2v) is 5.71. The minimum absolute atomic E-state index is 0.192. The van der Waals surface area contributed by atoms with Crippen LogP contribution in [0.15, 0.2) is 66.9 Å². The van der Waals surface area contributed by atoms with Crippen molar-refractivity contribution >= 4 is 12.0 Å². The van der Waals surface area contributed by atoms with Gasteiger partial charge in [-0.25, -0.2) is 10.2 Å². The fourth-order valence-corrected chi connectivity index (χ4v) is 2.31. The molecule has 0 radical (unpaired) electrons. The fraction of sp³-hybridized carbons (Fsp3) is 0.150. The molecule has 0 atom stereocenters. The number of amides is 1. The summed E-state index contributed by atoms with van der Waals surface area (Å²) in [6.07, 6.45) is 5.51. The van der Waals surface area contributed by atoms with Crippen molar-refractivity contribution in [2.24, 2.45) is 0 Å². The first-order chi connectivity index (χ1) is 13.2. The van der Waals surface area contributed by atoms with E-state index in [-0.39, 0.29) is 12.3 Å². The SMILES string of the molecule is COc1ccc(CONC(=O)c2cn(C/C=C/c3ccccc3)nn2)cc1. The van der Waals surface area contributed by atoms with Crippen LogP contribution < -0.4 is 10.2 Å². The number of allylic oxidation sites excluding steroid dienone is 1. The van der Waals surface area contributed by atoms with Gasteiger partial charge in [-0.05, 0) is 23.3 Å². The monoisotopic (exact) mass is 364 g/mol. The number of nitrogens with zero attached hydrogens (tertiary/aromatic N) is 3. The van der Waals surface area contributed by atoms with Crippen molar-refractivity contribution in [3.05, 3.63) is 83.7 Å². The molecule has 3 aromatic rings. The zero-order valence-electron chi connectivity index (χ0n) is 14.9. The lowest BCUT2D eigenvalue weighted by molar-refractivity contribution is 0.0229. The number of benzene rings is 2. The van der Waals surface area contributed by atoms with Crippen LogP contribution >= 0.6 is 0 Å². The quantitative estimate of drug-likeness (QED) is 0.622. The van der Waals surface area contributed by atoms with E-state index in [9.17, 15) is 4.79 Å². The summed E-state index contributed by atoms with van der Waals surface area (Å²) < 4.78 is 6.67. The van der Waals surface area contributed by atoms with Crippen LogP contribution in [0.1, 0.15) is 21.6 Å². The lowest BCUT2D eigenvalue weighted by Crippen LogP contribution is -2.23. The van der Waals surface area contributed by atoms with E-state index in [4.69, 9.17) is 9.57 Å². The Morgan fingerprint density at radius 1 is 1.15 bits per heavy atom. The first-order valence-electron chi connectivity index (χ1n) is 8.41. The smallest absolute Gasteiger partial charge is 0.297 e. The molecule has 27 heavy (non-hydrogen) atoms. The molecule has 0 unspecified atom stereocenters. The predicted molar refractivity (Wildman–Crippen MR) is 101 cm³/mol. The number of hydrogen-bond donors (Lipinski definition) is 1. The van der Waals surface area contributed by atoms with Crippen LogP contribution in [-0.4, -0.2) is 28.0 Å². The largest absolute Gasteiger partial charge is 0.497 e. The Balaban J connectivity index is 1.45. The maximum atomic E-state index is 12.1. The van der Waals surface area contributed by atoms with Gasteiger partial charge < -0.3 is 4.74 Å². The molecule has 1 amide bonds. The summed E-state index contributed by atoms with van der Waals surface area (Å²) >= 11 is 0. The molecule has 0 saturated heterocycles. The number of carbonyl (C=O) groups is 1. The fourth-order valence-electron chi connectivity index (χ4n) is 2.31. The molecule has 0 aliphatic carbocycles. The number of ether oxygens (including phenoxy) is 1. The molecule has 0 spiro atoms. The second kappa shape index (κ2) is 9.30. The van der Waals surface area contributed by atoms with E-state index in [0.29, 0.717) is 6.54 Å². The molecule has 7 nitrogen and oxygen atoms in total. The van der Waals surface area contributed by atoms with Crippen molar-refractivity contribution in [1.29, 1.82) is 0 Å². The van der Waals surface area contributed by atoms with Crippen molar-refractivity contribution in [3.8, 4) is 5.75 Å². The number of methoxy groups -OCH3 is 1. The van der Waals surface area contributed by atoms with Crippen LogP contribution in [0, 0.1) is 0 Å².